The lowest BCUT2D eigenvalue weighted by Gasteiger charge is -2.27. The Labute approximate surface area is 125 Å². The predicted molar refractivity (Wildman–Crippen MR) is 88.4 cm³/mol. The average molecular weight is 289 g/mol. The molecular formula is C16H23N3S. The van der Waals surface area contributed by atoms with Crippen molar-refractivity contribution >= 4 is 17.0 Å². The average Bonchev–Trinajstić information content (AvgIpc) is 2.93. The van der Waals surface area contributed by atoms with Crippen LogP contribution in [-0.2, 0) is 6.54 Å². The zero-order chi connectivity index (χ0) is 14.5. The summed E-state index contributed by atoms with van der Waals surface area (Å²) in [5.74, 6) is 0. The molecule has 0 amide bonds. The van der Waals surface area contributed by atoms with Gasteiger partial charge in [0.15, 0.2) is 0 Å². The van der Waals surface area contributed by atoms with Crippen molar-refractivity contribution in [3.05, 3.63) is 52.2 Å². The van der Waals surface area contributed by atoms with Crippen LogP contribution in [0.4, 0.5) is 5.69 Å². The number of rotatable bonds is 6. The van der Waals surface area contributed by atoms with Crippen molar-refractivity contribution in [2.45, 2.75) is 12.6 Å². The molecule has 0 fully saturated rings. The smallest absolute Gasteiger partial charge is 0.0470 e. The molecule has 4 heteroatoms. The maximum atomic E-state index is 5.98. The highest BCUT2D eigenvalue weighted by molar-refractivity contribution is 7.07. The number of nitrogens with zero attached hydrogens (tertiary/aromatic N) is 2. The van der Waals surface area contributed by atoms with Crippen molar-refractivity contribution in [1.82, 2.24) is 4.90 Å². The standard InChI is InChI=1S/C16H23N3S/c1-18(2)15-6-4-14(5-7-15)16(10-17)19(3)11-13-8-9-20-12-13/h4-9,12,16H,10-11,17H2,1-3H3. The molecule has 108 valence electrons. The van der Waals surface area contributed by atoms with E-state index in [1.54, 1.807) is 11.3 Å². The van der Waals surface area contributed by atoms with Gasteiger partial charge in [0.05, 0.1) is 0 Å². The van der Waals surface area contributed by atoms with E-state index in [4.69, 9.17) is 5.73 Å². The number of benzene rings is 1. The number of likely N-dealkylation sites (N-methyl/N-ethyl adjacent to an activating group) is 1. The molecule has 0 aliphatic heterocycles. The van der Waals surface area contributed by atoms with Gasteiger partial charge in [0.25, 0.3) is 0 Å². The molecule has 1 aromatic carbocycles. The minimum atomic E-state index is 0.256. The summed E-state index contributed by atoms with van der Waals surface area (Å²) in [6.07, 6.45) is 0. The Morgan fingerprint density at radius 3 is 2.30 bits per heavy atom. The Morgan fingerprint density at radius 2 is 1.80 bits per heavy atom. The van der Waals surface area contributed by atoms with E-state index in [2.05, 4.69) is 72.0 Å². The third-order valence-corrected chi connectivity index (χ3v) is 4.29. The molecule has 2 aromatic rings. The van der Waals surface area contributed by atoms with E-state index < -0.39 is 0 Å². The summed E-state index contributed by atoms with van der Waals surface area (Å²) < 4.78 is 0. The summed E-state index contributed by atoms with van der Waals surface area (Å²) in [5.41, 5.74) is 9.82. The third-order valence-electron chi connectivity index (χ3n) is 3.56. The zero-order valence-electron chi connectivity index (χ0n) is 12.4. The summed E-state index contributed by atoms with van der Waals surface area (Å²) in [7, 11) is 6.24. The molecule has 1 heterocycles. The van der Waals surface area contributed by atoms with Crippen LogP contribution in [0.3, 0.4) is 0 Å². The number of anilines is 1. The second kappa shape index (κ2) is 6.88. The number of thiophene rings is 1. The Bertz CT molecular complexity index is 505. The van der Waals surface area contributed by atoms with Gasteiger partial charge in [0.1, 0.15) is 0 Å². The van der Waals surface area contributed by atoms with E-state index in [1.165, 1.54) is 16.8 Å². The maximum Gasteiger partial charge on any atom is 0.0470 e. The van der Waals surface area contributed by atoms with Crippen LogP contribution in [0.2, 0.25) is 0 Å². The Balaban J connectivity index is 2.10. The lowest BCUT2D eigenvalue weighted by molar-refractivity contribution is 0.242. The van der Waals surface area contributed by atoms with Crippen LogP contribution in [0.25, 0.3) is 0 Å². The minimum Gasteiger partial charge on any atom is -0.378 e. The summed E-state index contributed by atoms with van der Waals surface area (Å²) in [4.78, 5) is 4.42. The van der Waals surface area contributed by atoms with Crippen LogP contribution >= 0.6 is 11.3 Å². The Kier molecular flexibility index (Phi) is 5.17. The maximum absolute atomic E-state index is 5.98. The largest absolute Gasteiger partial charge is 0.378 e. The molecule has 0 saturated carbocycles. The van der Waals surface area contributed by atoms with Gasteiger partial charge in [-0.2, -0.15) is 11.3 Å². The molecule has 3 nitrogen and oxygen atoms in total. The first-order valence-electron chi connectivity index (χ1n) is 6.80. The first kappa shape index (κ1) is 15.0. The molecule has 1 unspecified atom stereocenters. The van der Waals surface area contributed by atoms with Crippen LogP contribution in [0.5, 0.6) is 0 Å². The highest BCUT2D eigenvalue weighted by Crippen LogP contribution is 2.23. The minimum absolute atomic E-state index is 0.256. The van der Waals surface area contributed by atoms with Gasteiger partial charge >= 0.3 is 0 Å². The molecule has 1 atom stereocenters. The van der Waals surface area contributed by atoms with Crippen LogP contribution in [0, 0.1) is 0 Å². The third kappa shape index (κ3) is 3.60. The summed E-state index contributed by atoms with van der Waals surface area (Å²) in [5, 5.41) is 4.31. The molecule has 20 heavy (non-hydrogen) atoms. The fourth-order valence-electron chi connectivity index (χ4n) is 2.35. The van der Waals surface area contributed by atoms with E-state index in [9.17, 15) is 0 Å². The van der Waals surface area contributed by atoms with E-state index in [-0.39, 0.29) is 6.04 Å². The first-order chi connectivity index (χ1) is 9.61. The van der Waals surface area contributed by atoms with Crippen LogP contribution < -0.4 is 10.6 Å². The molecule has 1 aromatic heterocycles. The fourth-order valence-corrected chi connectivity index (χ4v) is 3.01. The van der Waals surface area contributed by atoms with Crippen molar-refractivity contribution in [3.8, 4) is 0 Å². The van der Waals surface area contributed by atoms with Crippen molar-refractivity contribution in [1.29, 1.82) is 0 Å². The number of nitrogens with two attached hydrogens (primary N) is 1. The summed E-state index contributed by atoms with van der Waals surface area (Å²) >= 11 is 1.74. The molecule has 2 rings (SSSR count). The van der Waals surface area contributed by atoms with Crippen LogP contribution in [-0.4, -0.2) is 32.6 Å². The van der Waals surface area contributed by atoms with Crippen LogP contribution in [0.15, 0.2) is 41.1 Å². The van der Waals surface area contributed by atoms with Gasteiger partial charge in [-0.3, -0.25) is 4.90 Å². The lowest BCUT2D eigenvalue weighted by atomic mass is 10.0. The first-order valence-corrected chi connectivity index (χ1v) is 7.74. The molecule has 0 bridgehead atoms. The SMILES string of the molecule is CN(C)c1ccc(C(CN)N(C)Cc2ccsc2)cc1. The molecule has 0 radical (unpaired) electrons. The lowest BCUT2D eigenvalue weighted by Crippen LogP contribution is -2.30. The number of hydrogen-bond donors (Lipinski definition) is 1. The quantitative estimate of drug-likeness (QED) is 0.887. The van der Waals surface area contributed by atoms with E-state index in [0.29, 0.717) is 6.54 Å². The van der Waals surface area contributed by atoms with E-state index in [0.717, 1.165) is 6.54 Å². The van der Waals surface area contributed by atoms with Crippen molar-refractivity contribution < 1.29 is 0 Å². The van der Waals surface area contributed by atoms with Gasteiger partial charge < -0.3 is 10.6 Å². The Hall–Kier alpha value is -1.36. The van der Waals surface area contributed by atoms with Gasteiger partial charge in [0, 0.05) is 38.9 Å². The molecular weight excluding hydrogens is 266 g/mol. The van der Waals surface area contributed by atoms with E-state index >= 15 is 0 Å². The van der Waals surface area contributed by atoms with Crippen molar-refractivity contribution in [2.75, 3.05) is 32.6 Å². The van der Waals surface area contributed by atoms with Crippen LogP contribution in [0.1, 0.15) is 17.2 Å². The van der Waals surface area contributed by atoms with Crippen molar-refractivity contribution in [2.24, 2.45) is 5.73 Å². The highest BCUT2D eigenvalue weighted by atomic mass is 32.1. The second-order valence-corrected chi connectivity index (χ2v) is 6.06. The molecule has 0 aliphatic rings. The fraction of sp³-hybridized carbons (Fsp3) is 0.375. The zero-order valence-corrected chi connectivity index (χ0v) is 13.2. The molecule has 2 N–H and O–H groups in total. The highest BCUT2D eigenvalue weighted by Gasteiger charge is 2.15. The molecule has 0 saturated heterocycles. The predicted octanol–water partition coefficient (Wildman–Crippen LogP) is 2.95. The monoisotopic (exact) mass is 289 g/mol. The normalized spacial score (nSPS) is 12.7. The second-order valence-electron chi connectivity index (χ2n) is 5.28. The number of hydrogen-bond acceptors (Lipinski definition) is 4. The van der Waals surface area contributed by atoms with Gasteiger partial charge in [-0.1, -0.05) is 12.1 Å². The van der Waals surface area contributed by atoms with Gasteiger partial charge in [-0.05, 0) is 47.1 Å². The molecule has 0 spiro atoms. The van der Waals surface area contributed by atoms with Gasteiger partial charge in [-0.15, -0.1) is 0 Å². The van der Waals surface area contributed by atoms with Gasteiger partial charge in [0.2, 0.25) is 0 Å². The Morgan fingerprint density at radius 1 is 1.10 bits per heavy atom. The summed E-state index contributed by atoms with van der Waals surface area (Å²) in [6.45, 7) is 1.56. The topological polar surface area (TPSA) is 32.5 Å². The van der Waals surface area contributed by atoms with Gasteiger partial charge in [-0.25, -0.2) is 0 Å². The van der Waals surface area contributed by atoms with E-state index in [1.807, 2.05) is 0 Å². The summed E-state index contributed by atoms with van der Waals surface area (Å²) in [6, 6.07) is 11.1. The van der Waals surface area contributed by atoms with Crippen molar-refractivity contribution in [3.63, 3.8) is 0 Å². The molecule has 0 aliphatic carbocycles.